The van der Waals surface area contributed by atoms with E-state index < -0.39 is 0 Å². The fourth-order valence-corrected chi connectivity index (χ4v) is 1.67. The first-order chi connectivity index (χ1) is 8.61. The van der Waals surface area contributed by atoms with Crippen molar-refractivity contribution in [3.05, 3.63) is 40.4 Å². The highest BCUT2D eigenvalue weighted by atomic mass is 79.9. The first-order valence-corrected chi connectivity index (χ1v) is 5.82. The second kappa shape index (κ2) is 5.28. The van der Waals surface area contributed by atoms with Crippen molar-refractivity contribution in [3.63, 3.8) is 0 Å². The molecule has 0 atom stereocenters. The molecule has 3 N–H and O–H groups in total. The lowest BCUT2D eigenvalue weighted by Crippen LogP contribution is -2.09. The SMILES string of the molecule is Cc1ccc(Oc2ncnc(NN)c2Br)cc1F. The number of aryl methyl sites for hydroxylation is 1. The molecular weight excluding hydrogens is 303 g/mol. The Morgan fingerprint density at radius 1 is 1.39 bits per heavy atom. The molecule has 0 saturated carbocycles. The highest BCUT2D eigenvalue weighted by molar-refractivity contribution is 9.10. The molecule has 1 aromatic heterocycles. The largest absolute Gasteiger partial charge is 0.438 e. The van der Waals surface area contributed by atoms with Crippen LogP contribution in [0.25, 0.3) is 0 Å². The molecule has 2 aromatic rings. The second-order valence-corrected chi connectivity index (χ2v) is 4.29. The molecular formula is C11H10BrFN4O. The van der Waals surface area contributed by atoms with E-state index in [1.807, 2.05) is 0 Å². The zero-order chi connectivity index (χ0) is 13.1. The summed E-state index contributed by atoms with van der Waals surface area (Å²) in [6, 6.07) is 4.57. The van der Waals surface area contributed by atoms with E-state index in [2.05, 4.69) is 31.3 Å². The van der Waals surface area contributed by atoms with Crippen LogP contribution in [0.2, 0.25) is 0 Å². The van der Waals surface area contributed by atoms with Crippen LogP contribution < -0.4 is 16.0 Å². The lowest BCUT2D eigenvalue weighted by Gasteiger charge is -2.09. The number of ether oxygens (including phenoxy) is 1. The molecule has 0 aliphatic carbocycles. The van der Waals surface area contributed by atoms with Crippen molar-refractivity contribution in [3.8, 4) is 11.6 Å². The van der Waals surface area contributed by atoms with Gasteiger partial charge in [0, 0.05) is 6.07 Å². The maximum absolute atomic E-state index is 13.4. The predicted octanol–water partition coefficient (Wildman–Crippen LogP) is 2.76. The topological polar surface area (TPSA) is 73.1 Å². The quantitative estimate of drug-likeness (QED) is 0.673. The Morgan fingerprint density at radius 2 is 2.17 bits per heavy atom. The number of hydrogen-bond donors (Lipinski definition) is 2. The minimum absolute atomic E-state index is 0.251. The summed E-state index contributed by atoms with van der Waals surface area (Å²) in [5.41, 5.74) is 2.94. The van der Waals surface area contributed by atoms with Crippen LogP contribution in [0.1, 0.15) is 5.56 Å². The fourth-order valence-electron chi connectivity index (χ4n) is 1.27. The van der Waals surface area contributed by atoms with Crippen molar-refractivity contribution in [2.75, 3.05) is 5.43 Å². The Bertz CT molecular complexity index is 579. The van der Waals surface area contributed by atoms with Crippen molar-refractivity contribution in [1.82, 2.24) is 9.97 Å². The van der Waals surface area contributed by atoms with E-state index in [-0.39, 0.29) is 11.7 Å². The van der Waals surface area contributed by atoms with Crippen molar-refractivity contribution >= 4 is 21.7 Å². The third kappa shape index (κ3) is 2.57. The van der Waals surface area contributed by atoms with E-state index in [0.717, 1.165) is 0 Å². The molecule has 0 unspecified atom stereocenters. The lowest BCUT2D eigenvalue weighted by molar-refractivity contribution is 0.453. The summed E-state index contributed by atoms with van der Waals surface area (Å²) >= 11 is 3.25. The Labute approximate surface area is 111 Å². The predicted molar refractivity (Wildman–Crippen MR) is 68.8 cm³/mol. The number of nitrogens with two attached hydrogens (primary N) is 1. The fraction of sp³-hybridized carbons (Fsp3) is 0.0909. The van der Waals surface area contributed by atoms with Crippen LogP contribution in [0.15, 0.2) is 29.0 Å². The number of hydrogen-bond acceptors (Lipinski definition) is 5. The number of aromatic nitrogens is 2. The highest BCUT2D eigenvalue weighted by Crippen LogP contribution is 2.31. The molecule has 0 bridgehead atoms. The summed E-state index contributed by atoms with van der Waals surface area (Å²) in [7, 11) is 0. The average Bonchev–Trinajstić information content (AvgIpc) is 2.36. The number of halogens is 2. The van der Waals surface area contributed by atoms with Crippen LogP contribution in [0, 0.1) is 12.7 Å². The van der Waals surface area contributed by atoms with E-state index in [0.29, 0.717) is 21.6 Å². The van der Waals surface area contributed by atoms with Crippen molar-refractivity contribution in [2.24, 2.45) is 5.84 Å². The van der Waals surface area contributed by atoms with Crippen LogP contribution in [-0.2, 0) is 0 Å². The van der Waals surface area contributed by atoms with Gasteiger partial charge in [-0.1, -0.05) is 6.07 Å². The van der Waals surface area contributed by atoms with Crippen molar-refractivity contribution in [2.45, 2.75) is 6.92 Å². The van der Waals surface area contributed by atoms with E-state index in [1.165, 1.54) is 12.4 Å². The summed E-state index contributed by atoms with van der Waals surface area (Å²) in [5.74, 6) is 5.91. The molecule has 0 fully saturated rings. The third-order valence-electron chi connectivity index (χ3n) is 2.25. The van der Waals surface area contributed by atoms with Crippen LogP contribution in [0.5, 0.6) is 11.6 Å². The van der Waals surface area contributed by atoms with E-state index in [1.54, 1.807) is 19.1 Å². The Morgan fingerprint density at radius 3 is 2.83 bits per heavy atom. The van der Waals surface area contributed by atoms with E-state index in [9.17, 15) is 4.39 Å². The number of hydrazine groups is 1. The average molecular weight is 313 g/mol. The van der Waals surface area contributed by atoms with Gasteiger partial charge in [0.1, 0.15) is 22.4 Å². The molecule has 5 nitrogen and oxygen atoms in total. The van der Waals surface area contributed by atoms with Gasteiger partial charge in [-0.3, -0.25) is 0 Å². The first kappa shape index (κ1) is 12.7. The molecule has 0 aliphatic rings. The van der Waals surface area contributed by atoms with Gasteiger partial charge in [0.05, 0.1) is 0 Å². The zero-order valence-corrected chi connectivity index (χ0v) is 11.0. The molecule has 7 heteroatoms. The standard InChI is InChI=1S/C11H10BrFN4O/c1-6-2-3-7(4-8(6)13)18-11-9(12)10(17-14)15-5-16-11/h2-5H,14H2,1H3,(H,15,16,17). The molecule has 1 heterocycles. The van der Waals surface area contributed by atoms with Crippen molar-refractivity contribution in [1.29, 1.82) is 0 Å². The third-order valence-corrected chi connectivity index (χ3v) is 2.97. The van der Waals surface area contributed by atoms with Crippen LogP contribution in [0.4, 0.5) is 10.2 Å². The first-order valence-electron chi connectivity index (χ1n) is 5.03. The Balaban J connectivity index is 2.31. The maximum Gasteiger partial charge on any atom is 0.238 e. The molecule has 0 aliphatic heterocycles. The van der Waals surface area contributed by atoms with Crippen LogP contribution in [-0.4, -0.2) is 9.97 Å². The van der Waals surface area contributed by atoms with Gasteiger partial charge in [-0.2, -0.15) is 0 Å². The molecule has 18 heavy (non-hydrogen) atoms. The number of nitrogen functional groups attached to an aromatic ring is 1. The molecule has 0 spiro atoms. The number of nitrogens with zero attached hydrogens (tertiary/aromatic N) is 2. The normalized spacial score (nSPS) is 10.2. The van der Waals surface area contributed by atoms with Gasteiger partial charge in [-0.05, 0) is 34.5 Å². The van der Waals surface area contributed by atoms with Crippen LogP contribution >= 0.6 is 15.9 Å². The smallest absolute Gasteiger partial charge is 0.238 e. The minimum atomic E-state index is -0.338. The van der Waals surface area contributed by atoms with Gasteiger partial charge in [0.2, 0.25) is 5.88 Å². The zero-order valence-electron chi connectivity index (χ0n) is 9.45. The summed E-state index contributed by atoms with van der Waals surface area (Å²) < 4.78 is 19.3. The maximum atomic E-state index is 13.4. The van der Waals surface area contributed by atoms with Gasteiger partial charge in [-0.15, -0.1) is 0 Å². The molecule has 94 valence electrons. The molecule has 0 amide bonds. The van der Waals surface area contributed by atoms with E-state index in [4.69, 9.17) is 10.6 Å². The summed E-state index contributed by atoms with van der Waals surface area (Å²) in [6.07, 6.45) is 1.29. The van der Waals surface area contributed by atoms with Gasteiger partial charge in [0.15, 0.2) is 5.82 Å². The highest BCUT2D eigenvalue weighted by Gasteiger charge is 2.10. The van der Waals surface area contributed by atoms with Gasteiger partial charge in [-0.25, -0.2) is 20.2 Å². The monoisotopic (exact) mass is 312 g/mol. The summed E-state index contributed by atoms with van der Waals surface area (Å²) in [6.45, 7) is 1.68. The molecule has 0 radical (unpaired) electrons. The Hall–Kier alpha value is -1.73. The van der Waals surface area contributed by atoms with Crippen molar-refractivity contribution < 1.29 is 9.13 Å². The molecule has 0 saturated heterocycles. The van der Waals surface area contributed by atoms with E-state index >= 15 is 0 Å². The molecule has 1 aromatic carbocycles. The van der Waals surface area contributed by atoms with Crippen LogP contribution in [0.3, 0.4) is 0 Å². The van der Waals surface area contributed by atoms with Gasteiger partial charge >= 0.3 is 0 Å². The van der Waals surface area contributed by atoms with Gasteiger partial charge in [0.25, 0.3) is 0 Å². The minimum Gasteiger partial charge on any atom is -0.438 e. The number of anilines is 1. The Kier molecular flexibility index (Phi) is 3.73. The number of benzene rings is 1. The lowest BCUT2D eigenvalue weighted by atomic mass is 10.2. The number of nitrogens with one attached hydrogen (secondary N) is 1. The summed E-state index contributed by atoms with van der Waals surface area (Å²) in [5, 5.41) is 0. The summed E-state index contributed by atoms with van der Waals surface area (Å²) in [4.78, 5) is 7.82. The number of rotatable bonds is 3. The molecule has 2 rings (SSSR count). The second-order valence-electron chi connectivity index (χ2n) is 3.50. The van der Waals surface area contributed by atoms with Gasteiger partial charge < -0.3 is 10.2 Å².